The molecule has 0 spiro atoms. The topological polar surface area (TPSA) is 120 Å². The molecule has 0 radical (unpaired) electrons. The molecule has 0 saturated carbocycles. The first kappa shape index (κ1) is 27.1. The van der Waals surface area contributed by atoms with E-state index in [0.29, 0.717) is 12.8 Å². The van der Waals surface area contributed by atoms with Gasteiger partial charge in [0.1, 0.15) is 0 Å². The number of amides is 1. The highest BCUT2D eigenvalue weighted by atomic mass is 19.4. The van der Waals surface area contributed by atoms with Crippen LogP contribution in [0.2, 0.25) is 0 Å². The fourth-order valence-corrected chi connectivity index (χ4v) is 2.28. The number of esters is 1. The van der Waals surface area contributed by atoms with E-state index in [0.717, 1.165) is 18.9 Å². The zero-order valence-electron chi connectivity index (χ0n) is 18.1. The molecule has 8 nitrogen and oxygen atoms in total. The Morgan fingerprint density at radius 3 is 2.34 bits per heavy atom. The van der Waals surface area contributed by atoms with E-state index in [4.69, 9.17) is 10.6 Å². The molecule has 1 aromatic carbocycles. The second kappa shape index (κ2) is 12.2. The van der Waals surface area contributed by atoms with Crippen LogP contribution in [0.25, 0.3) is 0 Å². The van der Waals surface area contributed by atoms with Crippen LogP contribution in [0, 0.1) is 0 Å². The highest BCUT2D eigenvalue weighted by molar-refractivity contribution is 5.87. The molecule has 11 heteroatoms. The molecule has 1 rings (SSSR count). The van der Waals surface area contributed by atoms with Gasteiger partial charge in [-0.25, -0.2) is 9.59 Å². The van der Waals surface area contributed by atoms with Crippen LogP contribution < -0.4 is 16.5 Å². The van der Waals surface area contributed by atoms with Gasteiger partial charge in [-0.1, -0.05) is 43.3 Å². The molecule has 0 aliphatic heterocycles. The van der Waals surface area contributed by atoms with Gasteiger partial charge in [-0.3, -0.25) is 10.5 Å². The molecule has 4 N–H and O–H groups in total. The Bertz CT molecular complexity index is 798. The average molecular weight is 459 g/mol. The molecule has 0 aromatic heterocycles. The summed E-state index contributed by atoms with van der Waals surface area (Å²) in [6.07, 6.45) is -0.973. The van der Waals surface area contributed by atoms with E-state index >= 15 is 0 Å². The normalized spacial score (nSPS) is 15.5. The summed E-state index contributed by atoms with van der Waals surface area (Å²) in [5, 5.41) is 2.74. The number of alkyl halides is 3. The maximum atomic E-state index is 12.4. The van der Waals surface area contributed by atoms with E-state index in [1.165, 1.54) is 12.2 Å². The Labute approximate surface area is 184 Å². The van der Waals surface area contributed by atoms with Gasteiger partial charge in [0, 0.05) is 19.0 Å². The van der Waals surface area contributed by atoms with Crippen molar-refractivity contribution in [3.63, 3.8) is 0 Å². The van der Waals surface area contributed by atoms with Crippen molar-refractivity contribution in [2.24, 2.45) is 5.73 Å². The molecule has 0 aliphatic carbocycles. The van der Waals surface area contributed by atoms with Gasteiger partial charge in [-0.05, 0) is 31.7 Å². The van der Waals surface area contributed by atoms with Crippen molar-refractivity contribution in [1.29, 1.82) is 0 Å². The van der Waals surface area contributed by atoms with E-state index in [-0.39, 0.29) is 11.9 Å². The van der Waals surface area contributed by atoms with Gasteiger partial charge in [-0.15, -0.1) is 5.48 Å². The number of hydrogen-bond acceptors (Lipinski definition) is 7. The largest absolute Gasteiger partial charge is 0.491 e. The monoisotopic (exact) mass is 459 g/mol. The lowest BCUT2D eigenvalue weighted by Gasteiger charge is -2.24. The summed E-state index contributed by atoms with van der Waals surface area (Å²) >= 11 is 0. The molecule has 178 valence electrons. The van der Waals surface area contributed by atoms with Crippen molar-refractivity contribution in [2.45, 2.75) is 64.0 Å². The first-order valence-electron chi connectivity index (χ1n) is 9.93. The molecule has 0 fully saturated rings. The SMILES string of the molecule is CC[C@H](C)NC(=O)/C=C/[C@H](CCc1ccccc1)NOC(=O)[C@@](C)(N)OC(=O)C(F)(F)F. The van der Waals surface area contributed by atoms with Crippen molar-refractivity contribution in [3.8, 4) is 0 Å². The van der Waals surface area contributed by atoms with Crippen molar-refractivity contribution in [3.05, 3.63) is 48.0 Å². The van der Waals surface area contributed by atoms with Crippen LogP contribution in [0.1, 0.15) is 39.2 Å². The molecule has 0 unspecified atom stereocenters. The number of carbonyl (C=O) groups excluding carboxylic acids is 3. The van der Waals surface area contributed by atoms with E-state index < -0.39 is 29.9 Å². The third kappa shape index (κ3) is 9.92. The van der Waals surface area contributed by atoms with Crippen molar-refractivity contribution in [2.75, 3.05) is 0 Å². The second-order valence-corrected chi connectivity index (χ2v) is 7.31. The molecule has 3 atom stereocenters. The van der Waals surface area contributed by atoms with Gasteiger partial charge in [-0.2, -0.15) is 13.2 Å². The summed E-state index contributed by atoms with van der Waals surface area (Å²) in [4.78, 5) is 39.8. The lowest BCUT2D eigenvalue weighted by atomic mass is 10.1. The number of rotatable bonds is 11. The minimum Gasteiger partial charge on any atom is -0.426 e. The molecule has 32 heavy (non-hydrogen) atoms. The third-order valence-electron chi connectivity index (χ3n) is 4.31. The zero-order valence-corrected chi connectivity index (χ0v) is 18.1. The van der Waals surface area contributed by atoms with E-state index in [9.17, 15) is 27.6 Å². The number of halogens is 3. The molecular formula is C21H28F3N3O5. The first-order chi connectivity index (χ1) is 14.8. The van der Waals surface area contributed by atoms with Gasteiger partial charge in [0.2, 0.25) is 5.91 Å². The zero-order chi connectivity index (χ0) is 24.4. The van der Waals surface area contributed by atoms with Crippen LogP contribution >= 0.6 is 0 Å². The molecule has 1 amide bonds. The number of aryl methyl sites for hydroxylation is 1. The number of carbonyl (C=O) groups is 3. The Morgan fingerprint density at radius 2 is 1.78 bits per heavy atom. The van der Waals surface area contributed by atoms with Gasteiger partial charge < -0.3 is 14.9 Å². The molecule has 0 aliphatic rings. The van der Waals surface area contributed by atoms with E-state index in [1.54, 1.807) is 0 Å². The molecule has 0 saturated heterocycles. The Kier molecular flexibility index (Phi) is 10.3. The Hall–Kier alpha value is -2.92. The summed E-state index contributed by atoms with van der Waals surface area (Å²) in [6, 6.07) is 8.60. The van der Waals surface area contributed by atoms with Gasteiger partial charge >= 0.3 is 18.1 Å². The smallest absolute Gasteiger partial charge is 0.426 e. The van der Waals surface area contributed by atoms with Gasteiger partial charge in [0.15, 0.2) is 0 Å². The van der Waals surface area contributed by atoms with Crippen LogP contribution in [0.5, 0.6) is 0 Å². The third-order valence-corrected chi connectivity index (χ3v) is 4.31. The summed E-state index contributed by atoms with van der Waals surface area (Å²) in [7, 11) is 0. The summed E-state index contributed by atoms with van der Waals surface area (Å²) in [5.41, 5.74) is 6.02. The number of nitrogens with two attached hydrogens (primary N) is 1. The second-order valence-electron chi connectivity index (χ2n) is 7.31. The first-order valence-corrected chi connectivity index (χ1v) is 9.93. The minimum atomic E-state index is -5.32. The average Bonchev–Trinajstić information content (AvgIpc) is 2.72. The summed E-state index contributed by atoms with van der Waals surface area (Å²) < 4.78 is 41.1. The lowest BCUT2D eigenvalue weighted by molar-refractivity contribution is -0.219. The fraction of sp³-hybridized carbons (Fsp3) is 0.476. The number of nitrogens with one attached hydrogen (secondary N) is 2. The van der Waals surface area contributed by atoms with Crippen LogP contribution in [-0.2, 0) is 30.4 Å². The van der Waals surface area contributed by atoms with Crippen LogP contribution in [0.3, 0.4) is 0 Å². The number of benzene rings is 1. The van der Waals surface area contributed by atoms with E-state index in [2.05, 4.69) is 15.5 Å². The molecule has 1 aromatic rings. The van der Waals surface area contributed by atoms with Crippen molar-refractivity contribution < 1.29 is 37.1 Å². The van der Waals surface area contributed by atoms with Crippen LogP contribution in [0.4, 0.5) is 13.2 Å². The van der Waals surface area contributed by atoms with Gasteiger partial charge in [0.25, 0.3) is 5.72 Å². The summed E-state index contributed by atoms with van der Waals surface area (Å²) in [6.45, 7) is 4.51. The highest BCUT2D eigenvalue weighted by Crippen LogP contribution is 2.20. The number of hydroxylamine groups is 1. The maximum Gasteiger partial charge on any atom is 0.491 e. The van der Waals surface area contributed by atoms with Crippen molar-refractivity contribution >= 4 is 17.8 Å². The van der Waals surface area contributed by atoms with Crippen molar-refractivity contribution in [1.82, 2.24) is 10.8 Å². The predicted molar refractivity (Wildman–Crippen MR) is 110 cm³/mol. The standard InChI is InChI=1S/C21H28F3N3O5/c1-4-14(2)26-17(28)13-12-16(11-10-15-8-6-5-7-9-15)27-32-18(29)20(3,25)31-19(30)21(22,23)24/h5-9,12-14,16,27H,4,10-11,25H2,1-3H3,(H,26,28)/b13-12+/t14-,16-,20-/m0/s1. The molecule has 0 bridgehead atoms. The Balaban J connectivity index is 2.79. The molecular weight excluding hydrogens is 431 g/mol. The lowest BCUT2D eigenvalue weighted by Crippen LogP contribution is -2.53. The summed E-state index contributed by atoms with van der Waals surface area (Å²) in [5.74, 6) is -4.43. The van der Waals surface area contributed by atoms with E-state index in [1.807, 2.05) is 44.2 Å². The predicted octanol–water partition coefficient (Wildman–Crippen LogP) is 2.29. The number of ether oxygens (including phenoxy) is 1. The maximum absolute atomic E-state index is 12.4. The quantitative estimate of drug-likeness (QED) is 0.201. The van der Waals surface area contributed by atoms with Crippen LogP contribution in [0.15, 0.2) is 42.5 Å². The number of hydrogen-bond donors (Lipinski definition) is 3. The van der Waals surface area contributed by atoms with Crippen LogP contribution in [-0.4, -0.2) is 41.8 Å². The van der Waals surface area contributed by atoms with Gasteiger partial charge in [0.05, 0.1) is 6.04 Å². The molecule has 0 heterocycles. The Morgan fingerprint density at radius 1 is 1.16 bits per heavy atom. The fourth-order valence-electron chi connectivity index (χ4n) is 2.28. The highest BCUT2D eigenvalue weighted by Gasteiger charge is 2.47. The minimum absolute atomic E-state index is 0.0398.